The molecular formula is C23H22N2O4. The van der Waals surface area contributed by atoms with Gasteiger partial charge < -0.3 is 14.1 Å². The van der Waals surface area contributed by atoms with Gasteiger partial charge in [0.1, 0.15) is 5.58 Å². The van der Waals surface area contributed by atoms with Gasteiger partial charge >= 0.3 is 5.97 Å². The molecule has 6 nitrogen and oxygen atoms in total. The van der Waals surface area contributed by atoms with Crippen LogP contribution in [0.25, 0.3) is 11.0 Å². The Balaban J connectivity index is 1.64. The zero-order valence-corrected chi connectivity index (χ0v) is 16.5. The standard InChI is InChI=1S/C23H22N2O4/c1-16-9-10-20-18(14-29-23(20)17(16)2)13-22(27)28-15-21(26)25(12-6-11-24)19-7-4-3-5-8-19/h3-5,7-10,14H,6,12-13,15H2,1-2H3. The minimum atomic E-state index is -0.507. The summed E-state index contributed by atoms with van der Waals surface area (Å²) in [6, 6.07) is 15.0. The number of aryl methyl sites for hydroxylation is 2. The number of nitrogens with zero attached hydrogens (tertiary/aromatic N) is 2. The first-order valence-corrected chi connectivity index (χ1v) is 9.35. The van der Waals surface area contributed by atoms with Crippen molar-refractivity contribution in [1.29, 1.82) is 5.26 Å². The number of para-hydroxylation sites is 1. The van der Waals surface area contributed by atoms with Gasteiger partial charge in [-0.05, 0) is 37.1 Å². The molecule has 0 spiro atoms. The molecule has 3 rings (SSSR count). The van der Waals surface area contributed by atoms with Crippen molar-refractivity contribution in [1.82, 2.24) is 0 Å². The number of anilines is 1. The highest BCUT2D eigenvalue weighted by atomic mass is 16.5. The third kappa shape index (κ3) is 4.64. The van der Waals surface area contributed by atoms with Crippen LogP contribution in [0.5, 0.6) is 0 Å². The number of amides is 1. The molecule has 0 fully saturated rings. The van der Waals surface area contributed by atoms with Crippen molar-refractivity contribution in [2.24, 2.45) is 0 Å². The summed E-state index contributed by atoms with van der Waals surface area (Å²) in [5, 5.41) is 9.72. The van der Waals surface area contributed by atoms with Crippen molar-refractivity contribution >= 4 is 28.5 Å². The van der Waals surface area contributed by atoms with Crippen LogP contribution in [-0.4, -0.2) is 25.0 Å². The normalized spacial score (nSPS) is 10.5. The topological polar surface area (TPSA) is 83.5 Å². The van der Waals surface area contributed by atoms with E-state index in [1.54, 1.807) is 18.4 Å². The fourth-order valence-electron chi connectivity index (χ4n) is 3.12. The number of carbonyl (C=O) groups excluding carboxylic acids is 2. The van der Waals surface area contributed by atoms with E-state index in [1.165, 1.54) is 4.90 Å². The molecule has 0 saturated heterocycles. The fraction of sp³-hybridized carbons (Fsp3) is 0.261. The van der Waals surface area contributed by atoms with Crippen LogP contribution in [0.3, 0.4) is 0 Å². The van der Waals surface area contributed by atoms with E-state index in [1.807, 2.05) is 50.2 Å². The molecule has 1 amide bonds. The van der Waals surface area contributed by atoms with Crippen molar-refractivity contribution in [3.05, 3.63) is 65.4 Å². The van der Waals surface area contributed by atoms with Gasteiger partial charge in [-0.25, -0.2) is 0 Å². The molecule has 0 unspecified atom stereocenters. The lowest BCUT2D eigenvalue weighted by atomic mass is 10.0. The first kappa shape index (κ1) is 20.2. The predicted molar refractivity (Wildman–Crippen MR) is 109 cm³/mol. The molecule has 6 heteroatoms. The third-order valence-electron chi connectivity index (χ3n) is 4.85. The maximum absolute atomic E-state index is 12.6. The maximum Gasteiger partial charge on any atom is 0.310 e. The number of nitriles is 1. The number of fused-ring (bicyclic) bond motifs is 1. The Morgan fingerprint density at radius 1 is 1.14 bits per heavy atom. The van der Waals surface area contributed by atoms with Gasteiger partial charge in [0.2, 0.25) is 0 Å². The molecule has 29 heavy (non-hydrogen) atoms. The van der Waals surface area contributed by atoms with Gasteiger partial charge in [0.25, 0.3) is 5.91 Å². The van der Waals surface area contributed by atoms with Gasteiger partial charge in [-0.2, -0.15) is 5.26 Å². The van der Waals surface area contributed by atoms with E-state index in [-0.39, 0.29) is 31.9 Å². The number of carbonyl (C=O) groups is 2. The van der Waals surface area contributed by atoms with Gasteiger partial charge in [0.05, 0.1) is 25.2 Å². The zero-order valence-electron chi connectivity index (χ0n) is 16.5. The van der Waals surface area contributed by atoms with E-state index in [9.17, 15) is 9.59 Å². The Morgan fingerprint density at radius 2 is 1.90 bits per heavy atom. The molecule has 1 heterocycles. The molecule has 3 aromatic rings. The first-order valence-electron chi connectivity index (χ1n) is 9.35. The van der Waals surface area contributed by atoms with Crippen molar-refractivity contribution in [3.63, 3.8) is 0 Å². The van der Waals surface area contributed by atoms with E-state index in [0.717, 1.165) is 27.7 Å². The number of ether oxygens (including phenoxy) is 1. The van der Waals surface area contributed by atoms with Gasteiger partial charge in [-0.1, -0.05) is 30.3 Å². The SMILES string of the molecule is Cc1ccc2c(CC(=O)OCC(=O)N(CCC#N)c3ccccc3)coc2c1C. The molecule has 0 aliphatic rings. The quantitative estimate of drug-likeness (QED) is 0.568. The second-order valence-corrected chi connectivity index (χ2v) is 6.77. The van der Waals surface area contributed by atoms with Gasteiger partial charge in [0, 0.05) is 23.2 Å². The van der Waals surface area contributed by atoms with Crippen molar-refractivity contribution < 1.29 is 18.7 Å². The Labute approximate surface area is 169 Å². The number of hydrogen-bond donors (Lipinski definition) is 0. The summed E-state index contributed by atoms with van der Waals surface area (Å²) in [5.41, 5.74) is 4.30. The summed E-state index contributed by atoms with van der Waals surface area (Å²) < 4.78 is 10.8. The summed E-state index contributed by atoms with van der Waals surface area (Å²) in [4.78, 5) is 26.3. The zero-order chi connectivity index (χ0) is 20.8. The Morgan fingerprint density at radius 3 is 2.62 bits per heavy atom. The van der Waals surface area contributed by atoms with Crippen LogP contribution < -0.4 is 4.90 Å². The van der Waals surface area contributed by atoms with Crippen LogP contribution >= 0.6 is 0 Å². The molecule has 0 atom stereocenters. The summed E-state index contributed by atoms with van der Waals surface area (Å²) >= 11 is 0. The van der Waals surface area contributed by atoms with Gasteiger partial charge in [-0.15, -0.1) is 0 Å². The number of rotatable bonds is 7. The first-order chi connectivity index (χ1) is 14.0. The molecule has 0 aliphatic carbocycles. The molecule has 148 valence electrons. The lowest BCUT2D eigenvalue weighted by molar-refractivity contribution is -0.147. The van der Waals surface area contributed by atoms with Crippen LogP contribution in [0.15, 0.2) is 53.1 Å². The maximum atomic E-state index is 12.6. The second kappa shape index (κ2) is 9.07. The second-order valence-electron chi connectivity index (χ2n) is 6.77. The van der Waals surface area contributed by atoms with Gasteiger partial charge in [-0.3, -0.25) is 9.59 Å². The molecule has 0 bridgehead atoms. The van der Waals surface area contributed by atoms with E-state index >= 15 is 0 Å². The average molecular weight is 390 g/mol. The summed E-state index contributed by atoms with van der Waals surface area (Å²) in [7, 11) is 0. The summed E-state index contributed by atoms with van der Waals surface area (Å²) in [6.07, 6.45) is 1.77. The van der Waals surface area contributed by atoms with Crippen LogP contribution in [0, 0.1) is 25.2 Å². The van der Waals surface area contributed by atoms with Crippen LogP contribution in [-0.2, 0) is 20.7 Å². The lowest BCUT2D eigenvalue weighted by Crippen LogP contribution is -2.35. The largest absolute Gasteiger partial charge is 0.464 e. The number of esters is 1. The summed E-state index contributed by atoms with van der Waals surface area (Å²) in [6.45, 7) is 3.83. The Hall–Kier alpha value is -3.59. The molecule has 0 aliphatic heterocycles. The van der Waals surface area contributed by atoms with Gasteiger partial charge in [0.15, 0.2) is 6.61 Å². The molecule has 0 saturated carbocycles. The van der Waals surface area contributed by atoms with E-state index in [2.05, 4.69) is 0 Å². The van der Waals surface area contributed by atoms with Crippen molar-refractivity contribution in [2.45, 2.75) is 26.7 Å². The molecule has 0 N–H and O–H groups in total. The Bertz CT molecular complexity index is 1060. The molecule has 1 aromatic heterocycles. The summed E-state index contributed by atoms with van der Waals surface area (Å²) in [5.74, 6) is -0.879. The number of hydrogen-bond acceptors (Lipinski definition) is 5. The van der Waals surface area contributed by atoms with Crippen molar-refractivity contribution in [3.8, 4) is 6.07 Å². The Kier molecular flexibility index (Phi) is 6.30. The molecular weight excluding hydrogens is 368 g/mol. The van der Waals surface area contributed by atoms with E-state index < -0.39 is 5.97 Å². The van der Waals surface area contributed by atoms with E-state index in [0.29, 0.717) is 5.69 Å². The fourth-order valence-corrected chi connectivity index (χ4v) is 3.12. The number of benzene rings is 2. The smallest absolute Gasteiger partial charge is 0.310 e. The highest BCUT2D eigenvalue weighted by molar-refractivity contribution is 5.95. The van der Waals surface area contributed by atoms with Crippen LogP contribution in [0.1, 0.15) is 23.1 Å². The minimum Gasteiger partial charge on any atom is -0.464 e. The van der Waals surface area contributed by atoms with Crippen molar-refractivity contribution in [2.75, 3.05) is 18.1 Å². The minimum absolute atomic E-state index is 0.0202. The third-order valence-corrected chi connectivity index (χ3v) is 4.85. The van der Waals surface area contributed by atoms with Crippen LogP contribution in [0.4, 0.5) is 5.69 Å². The van der Waals surface area contributed by atoms with Crippen LogP contribution in [0.2, 0.25) is 0 Å². The molecule has 0 radical (unpaired) electrons. The number of furan rings is 1. The lowest BCUT2D eigenvalue weighted by Gasteiger charge is -2.21. The molecule has 2 aromatic carbocycles. The monoisotopic (exact) mass is 390 g/mol. The highest BCUT2D eigenvalue weighted by Gasteiger charge is 2.19. The predicted octanol–water partition coefficient (Wildman–Crippen LogP) is 4.08. The van der Waals surface area contributed by atoms with E-state index in [4.69, 9.17) is 14.4 Å². The highest BCUT2D eigenvalue weighted by Crippen LogP contribution is 2.27. The average Bonchev–Trinajstić information content (AvgIpc) is 3.13.